The molecule has 0 bridgehead atoms. The number of halogens is 3. The first kappa shape index (κ1) is 31.4. The van der Waals surface area contributed by atoms with Gasteiger partial charge in [-0.25, -0.2) is 9.97 Å². The largest absolute Gasteiger partial charge is 0.393 e. The van der Waals surface area contributed by atoms with Crippen molar-refractivity contribution in [1.29, 1.82) is 5.26 Å². The van der Waals surface area contributed by atoms with Gasteiger partial charge in [-0.3, -0.25) is 4.90 Å². The van der Waals surface area contributed by atoms with E-state index in [9.17, 15) is 18.4 Å². The molecule has 2 N–H and O–H groups in total. The summed E-state index contributed by atoms with van der Waals surface area (Å²) in [6.45, 7) is 11.2. The standard InChI is InChI=1S/C34H41F3N8S/c1-23-24(3-4-30-28(23)15-26(18-38)45(30)14-13-44-10-2-7-33(21-44)8-9-39-20-33)19-43-11-5-25(6-12-43)42-31-29-16-27(17-34(35,36)37)46-32(29)41-22-40-31/h3-4,15-16,22,25,39H,2,5-14,17,19-21H2,1H3,(H,40,41,42). The predicted molar refractivity (Wildman–Crippen MR) is 176 cm³/mol. The molecule has 1 atom stereocenters. The number of rotatable bonds is 8. The van der Waals surface area contributed by atoms with E-state index in [1.165, 1.54) is 36.7 Å². The molecule has 3 saturated heterocycles. The Balaban J connectivity index is 0.978. The molecule has 7 rings (SSSR count). The van der Waals surface area contributed by atoms with E-state index in [0.29, 0.717) is 21.4 Å². The Hall–Kier alpha value is -3.24. The van der Waals surface area contributed by atoms with Crippen molar-refractivity contribution in [2.75, 3.05) is 51.1 Å². The third-order valence-corrected chi connectivity index (χ3v) is 11.4. The zero-order valence-electron chi connectivity index (χ0n) is 26.3. The zero-order chi connectivity index (χ0) is 31.9. The van der Waals surface area contributed by atoms with E-state index in [0.717, 1.165) is 99.7 Å². The molecule has 244 valence electrons. The summed E-state index contributed by atoms with van der Waals surface area (Å²) in [6, 6.07) is 10.7. The van der Waals surface area contributed by atoms with Gasteiger partial charge in [0.15, 0.2) is 0 Å². The fraction of sp³-hybridized carbons (Fsp3) is 0.559. The molecule has 3 aliphatic heterocycles. The van der Waals surface area contributed by atoms with Crippen LogP contribution in [0, 0.1) is 23.7 Å². The van der Waals surface area contributed by atoms with Crippen LogP contribution in [0.15, 0.2) is 30.6 Å². The molecule has 1 unspecified atom stereocenters. The highest BCUT2D eigenvalue weighted by molar-refractivity contribution is 7.18. The molecule has 0 aliphatic carbocycles. The minimum Gasteiger partial charge on any atom is -0.367 e. The monoisotopic (exact) mass is 650 g/mol. The van der Waals surface area contributed by atoms with Crippen LogP contribution < -0.4 is 10.6 Å². The van der Waals surface area contributed by atoms with Crippen LogP contribution in [0.3, 0.4) is 0 Å². The lowest BCUT2D eigenvalue weighted by Crippen LogP contribution is -2.45. The minimum absolute atomic E-state index is 0.191. The third kappa shape index (κ3) is 6.61. The summed E-state index contributed by atoms with van der Waals surface area (Å²) in [6.07, 6.45) is 1.89. The van der Waals surface area contributed by atoms with Crippen molar-refractivity contribution in [3.8, 4) is 6.07 Å². The van der Waals surface area contributed by atoms with Crippen LogP contribution in [0.4, 0.5) is 19.0 Å². The predicted octanol–water partition coefficient (Wildman–Crippen LogP) is 6.08. The second-order valence-corrected chi connectivity index (χ2v) is 14.6. The van der Waals surface area contributed by atoms with Crippen molar-refractivity contribution in [3.63, 3.8) is 0 Å². The van der Waals surface area contributed by atoms with Crippen molar-refractivity contribution in [2.24, 2.45) is 5.41 Å². The fourth-order valence-corrected chi connectivity index (χ4v) is 8.91. The number of aryl methyl sites for hydroxylation is 1. The van der Waals surface area contributed by atoms with Gasteiger partial charge >= 0.3 is 6.18 Å². The number of fused-ring (bicyclic) bond motifs is 2. The first-order valence-corrected chi connectivity index (χ1v) is 17.2. The van der Waals surface area contributed by atoms with Gasteiger partial charge in [-0.05, 0) is 86.9 Å². The fourth-order valence-electron chi connectivity index (χ4n) is 7.89. The van der Waals surface area contributed by atoms with Crippen molar-refractivity contribution in [3.05, 3.63) is 52.3 Å². The summed E-state index contributed by atoms with van der Waals surface area (Å²) in [5, 5.41) is 18.9. The molecule has 0 amide bonds. The molecule has 3 fully saturated rings. The number of aromatic nitrogens is 3. The molecule has 1 aromatic carbocycles. The molecule has 3 aliphatic rings. The highest BCUT2D eigenvalue weighted by Crippen LogP contribution is 2.36. The number of piperidine rings is 2. The molecule has 1 spiro atoms. The maximum absolute atomic E-state index is 12.9. The number of hydrogen-bond acceptors (Lipinski definition) is 8. The first-order chi connectivity index (χ1) is 22.2. The van der Waals surface area contributed by atoms with Crippen LogP contribution in [0.1, 0.15) is 53.8 Å². The van der Waals surface area contributed by atoms with Gasteiger partial charge in [0.25, 0.3) is 0 Å². The van der Waals surface area contributed by atoms with Gasteiger partial charge in [0.1, 0.15) is 28.7 Å². The van der Waals surface area contributed by atoms with Gasteiger partial charge in [-0.15, -0.1) is 11.3 Å². The van der Waals surface area contributed by atoms with Gasteiger partial charge in [-0.1, -0.05) is 6.07 Å². The number of anilines is 1. The van der Waals surface area contributed by atoms with Crippen molar-refractivity contribution in [1.82, 2.24) is 29.7 Å². The summed E-state index contributed by atoms with van der Waals surface area (Å²) in [5.74, 6) is 0.613. The number of likely N-dealkylation sites (tertiary alicyclic amines) is 2. The van der Waals surface area contributed by atoms with Crippen molar-refractivity contribution >= 4 is 38.3 Å². The van der Waals surface area contributed by atoms with Crippen LogP contribution in [0.25, 0.3) is 21.1 Å². The van der Waals surface area contributed by atoms with E-state index in [4.69, 9.17) is 0 Å². The summed E-state index contributed by atoms with van der Waals surface area (Å²) < 4.78 is 41.0. The van der Waals surface area contributed by atoms with Crippen molar-refractivity contribution in [2.45, 2.75) is 70.8 Å². The summed E-state index contributed by atoms with van der Waals surface area (Å²) in [7, 11) is 0. The van der Waals surface area contributed by atoms with Gasteiger partial charge in [0, 0.05) is 67.6 Å². The smallest absolute Gasteiger partial charge is 0.367 e. The molecular formula is C34H41F3N8S. The lowest BCUT2D eigenvalue weighted by atomic mass is 9.79. The molecule has 3 aromatic heterocycles. The highest BCUT2D eigenvalue weighted by atomic mass is 32.1. The summed E-state index contributed by atoms with van der Waals surface area (Å²) in [5.41, 5.74) is 4.81. The van der Waals surface area contributed by atoms with Crippen LogP contribution in [-0.4, -0.2) is 82.4 Å². The quantitative estimate of drug-likeness (QED) is 0.239. The van der Waals surface area contributed by atoms with E-state index in [-0.39, 0.29) is 10.9 Å². The van der Waals surface area contributed by atoms with Crippen LogP contribution in [-0.2, 0) is 19.5 Å². The normalized spacial score (nSPS) is 21.9. The molecule has 12 heteroatoms. The van der Waals surface area contributed by atoms with Crippen LogP contribution >= 0.6 is 11.3 Å². The number of thiophene rings is 1. The third-order valence-electron chi connectivity index (χ3n) is 10.4. The van der Waals surface area contributed by atoms with E-state index in [2.05, 4.69) is 66.2 Å². The van der Waals surface area contributed by atoms with Gasteiger partial charge in [0.2, 0.25) is 0 Å². The maximum atomic E-state index is 12.9. The summed E-state index contributed by atoms with van der Waals surface area (Å²) in [4.78, 5) is 14.5. The second kappa shape index (κ2) is 12.8. The highest BCUT2D eigenvalue weighted by Gasteiger charge is 2.37. The molecule has 0 radical (unpaired) electrons. The van der Waals surface area contributed by atoms with E-state index in [1.54, 1.807) is 6.07 Å². The SMILES string of the molecule is Cc1c(CN2CCC(Nc3ncnc4sc(CC(F)(F)F)cc34)CC2)ccc2c1cc(C#N)n2CCN1CCCC2(CCNC2)C1. The number of nitrogens with zero attached hydrogens (tertiary/aromatic N) is 6. The number of benzene rings is 1. The lowest BCUT2D eigenvalue weighted by molar-refractivity contribution is -0.126. The number of nitrogens with one attached hydrogen (secondary N) is 2. The average Bonchev–Trinajstić information content (AvgIpc) is 3.75. The molecule has 8 nitrogen and oxygen atoms in total. The first-order valence-electron chi connectivity index (χ1n) is 16.4. The van der Waals surface area contributed by atoms with Crippen LogP contribution in [0.2, 0.25) is 0 Å². The van der Waals surface area contributed by atoms with Gasteiger partial charge in [-0.2, -0.15) is 18.4 Å². The Kier molecular flexibility index (Phi) is 8.69. The molecular weight excluding hydrogens is 609 g/mol. The number of nitriles is 1. The zero-order valence-corrected chi connectivity index (χ0v) is 27.1. The van der Waals surface area contributed by atoms with E-state index in [1.807, 2.05) is 0 Å². The maximum Gasteiger partial charge on any atom is 0.393 e. The Labute approximate surface area is 271 Å². The molecule has 0 saturated carbocycles. The molecule has 46 heavy (non-hydrogen) atoms. The van der Waals surface area contributed by atoms with Gasteiger partial charge < -0.3 is 20.1 Å². The van der Waals surface area contributed by atoms with Crippen LogP contribution in [0.5, 0.6) is 0 Å². The van der Waals surface area contributed by atoms with E-state index >= 15 is 0 Å². The van der Waals surface area contributed by atoms with Crippen molar-refractivity contribution < 1.29 is 13.2 Å². The average molecular weight is 651 g/mol. The molecule has 4 aromatic rings. The summed E-state index contributed by atoms with van der Waals surface area (Å²) >= 11 is 1.08. The van der Waals surface area contributed by atoms with E-state index < -0.39 is 12.6 Å². The number of hydrogen-bond donors (Lipinski definition) is 2. The minimum atomic E-state index is -4.25. The topological polar surface area (TPSA) is 85.0 Å². The molecule has 6 heterocycles. The van der Waals surface area contributed by atoms with Gasteiger partial charge in [0.05, 0.1) is 11.8 Å². The Morgan fingerprint density at radius 1 is 1.09 bits per heavy atom. The lowest BCUT2D eigenvalue weighted by Gasteiger charge is -2.40. The second-order valence-electron chi connectivity index (χ2n) is 13.5. The number of alkyl halides is 3. The Bertz CT molecular complexity index is 1740. The Morgan fingerprint density at radius 3 is 2.70 bits per heavy atom. The Morgan fingerprint density at radius 2 is 1.93 bits per heavy atom.